The van der Waals surface area contributed by atoms with Crippen LogP contribution in [-0.2, 0) is 4.79 Å². The fourth-order valence-corrected chi connectivity index (χ4v) is 4.40. The van der Waals surface area contributed by atoms with E-state index >= 15 is 0 Å². The molecule has 1 unspecified atom stereocenters. The van der Waals surface area contributed by atoms with Crippen molar-refractivity contribution in [3.8, 4) is 10.6 Å². The number of carbonyl (C=O) groups is 1. The molecule has 8 heteroatoms. The third kappa shape index (κ3) is 3.71. The van der Waals surface area contributed by atoms with Crippen LogP contribution in [0.5, 0.6) is 0 Å². The van der Waals surface area contributed by atoms with Gasteiger partial charge in [-0.15, -0.1) is 21.5 Å². The van der Waals surface area contributed by atoms with Gasteiger partial charge in [0.2, 0.25) is 5.91 Å². The standard InChI is InChI=1S/C21H20N6OS/c28-21(23-16-6-5-14-12-22-24-18(14)11-16)15-3-1-9-27(13-15)20-8-7-17(25-26-20)19-4-2-10-29-19/h2,4-8,10-12,15H,1,3,9,13H2,(H,22,24)(H,23,28). The summed E-state index contributed by atoms with van der Waals surface area (Å²) in [6.07, 6.45) is 3.59. The molecular weight excluding hydrogens is 384 g/mol. The van der Waals surface area contributed by atoms with E-state index in [1.54, 1.807) is 17.5 Å². The molecular formula is C21H20N6OS. The van der Waals surface area contributed by atoms with Gasteiger partial charge in [-0.1, -0.05) is 6.07 Å². The normalized spacial score (nSPS) is 16.8. The van der Waals surface area contributed by atoms with E-state index < -0.39 is 0 Å². The summed E-state index contributed by atoms with van der Waals surface area (Å²) in [5, 5.41) is 21.8. The van der Waals surface area contributed by atoms with Gasteiger partial charge in [0.25, 0.3) is 0 Å². The van der Waals surface area contributed by atoms with Crippen LogP contribution in [0.1, 0.15) is 12.8 Å². The number of rotatable bonds is 4. The number of nitrogens with zero attached hydrogens (tertiary/aromatic N) is 4. The summed E-state index contributed by atoms with van der Waals surface area (Å²) in [6, 6.07) is 13.8. The largest absolute Gasteiger partial charge is 0.354 e. The van der Waals surface area contributed by atoms with Crippen molar-refractivity contribution in [2.24, 2.45) is 5.92 Å². The molecule has 5 rings (SSSR count). The molecule has 7 nitrogen and oxygen atoms in total. The van der Waals surface area contributed by atoms with E-state index in [4.69, 9.17) is 0 Å². The topological polar surface area (TPSA) is 86.8 Å². The summed E-state index contributed by atoms with van der Waals surface area (Å²) < 4.78 is 0. The van der Waals surface area contributed by atoms with Crippen molar-refractivity contribution in [1.82, 2.24) is 20.4 Å². The molecule has 0 bridgehead atoms. The van der Waals surface area contributed by atoms with Gasteiger partial charge in [0, 0.05) is 24.2 Å². The molecule has 0 spiro atoms. The summed E-state index contributed by atoms with van der Waals surface area (Å²) >= 11 is 1.65. The van der Waals surface area contributed by atoms with Gasteiger partial charge >= 0.3 is 0 Å². The summed E-state index contributed by atoms with van der Waals surface area (Å²) in [7, 11) is 0. The quantitative estimate of drug-likeness (QED) is 0.538. The number of piperidine rings is 1. The maximum atomic E-state index is 12.8. The maximum Gasteiger partial charge on any atom is 0.229 e. The highest BCUT2D eigenvalue weighted by molar-refractivity contribution is 7.13. The van der Waals surface area contributed by atoms with Crippen LogP contribution in [0.2, 0.25) is 0 Å². The number of thiophene rings is 1. The molecule has 2 N–H and O–H groups in total. The Balaban J connectivity index is 1.26. The van der Waals surface area contributed by atoms with Gasteiger partial charge in [-0.25, -0.2) is 0 Å². The average molecular weight is 404 g/mol. The number of H-pyrrole nitrogens is 1. The van der Waals surface area contributed by atoms with Gasteiger partial charge in [-0.05, 0) is 54.6 Å². The van der Waals surface area contributed by atoms with Crippen LogP contribution in [0.25, 0.3) is 21.5 Å². The van der Waals surface area contributed by atoms with Crippen LogP contribution >= 0.6 is 11.3 Å². The third-order valence-corrected chi connectivity index (χ3v) is 6.14. The fraction of sp³-hybridized carbons (Fsp3) is 0.238. The van der Waals surface area contributed by atoms with Crippen molar-refractivity contribution in [3.63, 3.8) is 0 Å². The Morgan fingerprint density at radius 3 is 3.00 bits per heavy atom. The fourth-order valence-electron chi connectivity index (χ4n) is 3.71. The molecule has 4 aromatic rings. The zero-order valence-electron chi connectivity index (χ0n) is 15.7. The van der Waals surface area contributed by atoms with E-state index in [2.05, 4.69) is 30.6 Å². The van der Waals surface area contributed by atoms with Crippen molar-refractivity contribution in [1.29, 1.82) is 0 Å². The molecule has 0 aliphatic carbocycles. The number of amides is 1. The predicted molar refractivity (Wildman–Crippen MR) is 115 cm³/mol. The van der Waals surface area contributed by atoms with E-state index in [9.17, 15) is 4.79 Å². The van der Waals surface area contributed by atoms with Crippen LogP contribution in [0.15, 0.2) is 54.0 Å². The van der Waals surface area contributed by atoms with Crippen LogP contribution in [0.3, 0.4) is 0 Å². The number of carbonyl (C=O) groups excluding carboxylic acids is 1. The van der Waals surface area contributed by atoms with Gasteiger partial charge in [-0.2, -0.15) is 5.10 Å². The second-order valence-electron chi connectivity index (χ2n) is 7.20. The lowest BCUT2D eigenvalue weighted by atomic mass is 9.97. The minimum Gasteiger partial charge on any atom is -0.354 e. The van der Waals surface area contributed by atoms with Crippen molar-refractivity contribution in [2.45, 2.75) is 12.8 Å². The number of nitrogens with one attached hydrogen (secondary N) is 2. The molecule has 146 valence electrons. The van der Waals surface area contributed by atoms with Gasteiger partial charge in [0.05, 0.1) is 22.5 Å². The Hall–Kier alpha value is -3.26. The molecule has 1 aliphatic heterocycles. The van der Waals surface area contributed by atoms with E-state index in [0.29, 0.717) is 6.54 Å². The first kappa shape index (κ1) is 17.8. The minimum absolute atomic E-state index is 0.0386. The molecule has 1 aliphatic rings. The zero-order valence-corrected chi connectivity index (χ0v) is 16.5. The molecule has 0 radical (unpaired) electrons. The smallest absolute Gasteiger partial charge is 0.229 e. The van der Waals surface area contributed by atoms with Crippen LogP contribution in [0, 0.1) is 5.92 Å². The van der Waals surface area contributed by atoms with E-state index in [1.807, 2.05) is 47.8 Å². The molecule has 1 saturated heterocycles. The number of aromatic nitrogens is 4. The first-order chi connectivity index (χ1) is 14.3. The number of hydrogen-bond donors (Lipinski definition) is 2. The summed E-state index contributed by atoms with van der Waals surface area (Å²) in [4.78, 5) is 16.1. The zero-order chi connectivity index (χ0) is 19.6. The second-order valence-corrected chi connectivity index (χ2v) is 8.15. The molecule has 29 heavy (non-hydrogen) atoms. The first-order valence-electron chi connectivity index (χ1n) is 9.63. The Labute approximate surface area is 171 Å². The highest BCUT2D eigenvalue weighted by Gasteiger charge is 2.27. The summed E-state index contributed by atoms with van der Waals surface area (Å²) in [6.45, 7) is 1.53. The van der Waals surface area contributed by atoms with Gasteiger partial charge < -0.3 is 10.2 Å². The number of aromatic amines is 1. The monoisotopic (exact) mass is 404 g/mol. The van der Waals surface area contributed by atoms with E-state index in [-0.39, 0.29) is 11.8 Å². The number of hydrogen-bond acceptors (Lipinski definition) is 6. The molecule has 3 aromatic heterocycles. The van der Waals surface area contributed by atoms with Crippen molar-refractivity contribution in [3.05, 3.63) is 54.0 Å². The second kappa shape index (κ2) is 7.63. The predicted octanol–water partition coefficient (Wildman–Crippen LogP) is 3.94. The molecule has 1 atom stereocenters. The third-order valence-electron chi connectivity index (χ3n) is 5.25. The summed E-state index contributed by atoms with van der Waals surface area (Å²) in [5.41, 5.74) is 2.57. The van der Waals surface area contributed by atoms with Crippen molar-refractivity contribution in [2.75, 3.05) is 23.3 Å². The highest BCUT2D eigenvalue weighted by atomic mass is 32.1. The molecule has 4 heterocycles. The SMILES string of the molecule is O=C(Nc1ccc2cn[nH]c2c1)C1CCCN(c2ccc(-c3cccs3)nn2)C1. The van der Waals surface area contributed by atoms with Gasteiger partial charge in [0.1, 0.15) is 5.69 Å². The van der Waals surface area contributed by atoms with Gasteiger partial charge in [-0.3, -0.25) is 9.89 Å². The van der Waals surface area contributed by atoms with E-state index in [1.165, 1.54) is 0 Å². The molecule has 1 amide bonds. The molecule has 1 fully saturated rings. The Bertz CT molecular complexity index is 1120. The molecule has 1 aromatic carbocycles. The molecule has 0 saturated carbocycles. The number of anilines is 2. The van der Waals surface area contributed by atoms with Crippen LogP contribution in [0.4, 0.5) is 11.5 Å². The van der Waals surface area contributed by atoms with E-state index in [0.717, 1.165) is 52.4 Å². The first-order valence-corrected chi connectivity index (χ1v) is 10.5. The minimum atomic E-state index is -0.0833. The highest BCUT2D eigenvalue weighted by Crippen LogP contribution is 2.26. The van der Waals surface area contributed by atoms with Crippen LogP contribution in [-0.4, -0.2) is 39.4 Å². The lowest BCUT2D eigenvalue weighted by molar-refractivity contribution is -0.120. The van der Waals surface area contributed by atoms with Gasteiger partial charge in [0.15, 0.2) is 5.82 Å². The Kier molecular flexibility index (Phi) is 4.69. The maximum absolute atomic E-state index is 12.8. The lowest BCUT2D eigenvalue weighted by Crippen LogP contribution is -2.41. The number of fused-ring (bicyclic) bond motifs is 1. The van der Waals surface area contributed by atoms with Crippen molar-refractivity contribution < 1.29 is 4.79 Å². The Morgan fingerprint density at radius 1 is 1.21 bits per heavy atom. The Morgan fingerprint density at radius 2 is 2.17 bits per heavy atom. The van der Waals surface area contributed by atoms with Crippen molar-refractivity contribution >= 4 is 39.7 Å². The average Bonchev–Trinajstić information content (AvgIpc) is 3.46. The lowest BCUT2D eigenvalue weighted by Gasteiger charge is -2.32. The number of benzene rings is 1. The summed E-state index contributed by atoms with van der Waals surface area (Å²) in [5.74, 6) is 0.776. The van der Waals surface area contributed by atoms with Crippen LogP contribution < -0.4 is 10.2 Å².